The predicted molar refractivity (Wildman–Crippen MR) is 173 cm³/mol. The van der Waals surface area contributed by atoms with Gasteiger partial charge in [-0.1, -0.05) is 91.0 Å². The van der Waals surface area contributed by atoms with E-state index in [9.17, 15) is 0 Å². The highest BCUT2D eigenvalue weighted by Gasteiger charge is 2.26. The first-order chi connectivity index (χ1) is 20.8. The minimum Gasteiger partial charge on any atom is -0.456 e. The molecule has 0 fully saturated rings. The topological polar surface area (TPSA) is 43.2 Å². The van der Waals surface area contributed by atoms with Crippen LogP contribution in [0.5, 0.6) is 0 Å². The Morgan fingerprint density at radius 1 is 0.571 bits per heavy atom. The molecule has 1 aliphatic rings. The number of nitrogens with zero attached hydrogens (tertiary/aromatic N) is 1. The maximum Gasteiger partial charge on any atom is 0.145 e. The highest BCUT2D eigenvalue weighted by atomic mass is 16.3. The Morgan fingerprint density at radius 3 is 2.21 bits per heavy atom. The molecule has 1 aliphatic carbocycles. The van der Waals surface area contributed by atoms with Crippen molar-refractivity contribution >= 4 is 65.7 Å². The number of hydrogen-bond donors (Lipinski definition) is 1. The van der Waals surface area contributed by atoms with Gasteiger partial charge in [0.15, 0.2) is 0 Å². The van der Waals surface area contributed by atoms with E-state index in [2.05, 4.69) is 119 Å². The zero-order chi connectivity index (χ0) is 27.6. The molecule has 4 nitrogen and oxygen atoms in total. The van der Waals surface area contributed by atoms with E-state index in [1.54, 1.807) is 0 Å². The van der Waals surface area contributed by atoms with Gasteiger partial charge >= 0.3 is 0 Å². The SMILES string of the molecule is C1=CC(CNCc2cccc3oc4ccccc4c23)C(n2c3ccccc3c3c4oc5ccccc5c4ccc32)C=C1. The highest BCUT2D eigenvalue weighted by molar-refractivity contribution is 6.23. The van der Waals surface area contributed by atoms with E-state index < -0.39 is 0 Å². The van der Waals surface area contributed by atoms with Crippen molar-refractivity contribution in [3.63, 3.8) is 0 Å². The standard InChI is InChI=1S/C38H28N2O2/c1-5-15-30(24(10-1)22-39-23-25-11-9-19-35-36(25)29-14-4-8-18-34(29)41-35)40-31-16-6-2-13-28(31)37-32(40)21-20-27-26-12-3-7-17-33(26)42-38(27)37/h1-21,24,30,39H,22-23H2. The number of benzene rings is 5. The molecule has 0 bridgehead atoms. The number of furan rings is 2. The molecule has 0 saturated heterocycles. The van der Waals surface area contributed by atoms with Crippen LogP contribution in [-0.2, 0) is 6.54 Å². The van der Waals surface area contributed by atoms with Crippen LogP contribution >= 0.6 is 0 Å². The summed E-state index contributed by atoms with van der Waals surface area (Å²) < 4.78 is 15.1. The van der Waals surface area contributed by atoms with Crippen LogP contribution < -0.4 is 5.32 Å². The molecular formula is C38H28N2O2. The average molecular weight is 545 g/mol. The molecule has 0 aliphatic heterocycles. The highest BCUT2D eigenvalue weighted by Crippen LogP contribution is 2.42. The van der Waals surface area contributed by atoms with Crippen molar-refractivity contribution in [2.45, 2.75) is 12.6 Å². The summed E-state index contributed by atoms with van der Waals surface area (Å²) in [4.78, 5) is 0. The molecule has 1 N–H and O–H groups in total. The fourth-order valence-corrected chi connectivity index (χ4v) is 7.06. The number of aromatic nitrogens is 1. The third kappa shape index (κ3) is 3.45. The monoisotopic (exact) mass is 544 g/mol. The fraction of sp³-hybridized carbons (Fsp3) is 0.105. The number of hydrogen-bond acceptors (Lipinski definition) is 3. The molecule has 3 aromatic heterocycles. The zero-order valence-electron chi connectivity index (χ0n) is 23.0. The second kappa shape index (κ2) is 9.23. The molecule has 0 spiro atoms. The predicted octanol–water partition coefficient (Wildman–Crippen LogP) is 9.67. The Labute approximate surface area is 242 Å². The van der Waals surface area contributed by atoms with Crippen LogP contribution in [0.25, 0.3) is 65.7 Å². The van der Waals surface area contributed by atoms with Gasteiger partial charge in [-0.2, -0.15) is 0 Å². The Hall–Kier alpha value is -5.06. The van der Waals surface area contributed by atoms with E-state index >= 15 is 0 Å². The van der Waals surface area contributed by atoms with E-state index in [1.807, 2.05) is 18.2 Å². The summed E-state index contributed by atoms with van der Waals surface area (Å²) in [7, 11) is 0. The Bertz CT molecular complexity index is 2360. The molecule has 202 valence electrons. The summed E-state index contributed by atoms with van der Waals surface area (Å²) in [5, 5.41) is 10.9. The van der Waals surface area contributed by atoms with Gasteiger partial charge < -0.3 is 18.7 Å². The van der Waals surface area contributed by atoms with Crippen molar-refractivity contribution in [1.29, 1.82) is 0 Å². The summed E-state index contributed by atoms with van der Waals surface area (Å²) >= 11 is 0. The van der Waals surface area contributed by atoms with Crippen LogP contribution in [0, 0.1) is 5.92 Å². The number of rotatable bonds is 5. The van der Waals surface area contributed by atoms with E-state index in [0.717, 1.165) is 40.8 Å². The van der Waals surface area contributed by atoms with Crippen molar-refractivity contribution in [1.82, 2.24) is 9.88 Å². The largest absolute Gasteiger partial charge is 0.456 e. The normalized spacial score (nSPS) is 17.1. The minimum absolute atomic E-state index is 0.164. The smallest absolute Gasteiger partial charge is 0.145 e. The zero-order valence-corrected chi connectivity index (χ0v) is 23.0. The molecule has 4 heteroatoms. The van der Waals surface area contributed by atoms with Gasteiger partial charge in [0.1, 0.15) is 22.3 Å². The van der Waals surface area contributed by atoms with Crippen LogP contribution in [0.3, 0.4) is 0 Å². The van der Waals surface area contributed by atoms with Gasteiger partial charge in [0.05, 0.1) is 16.9 Å². The van der Waals surface area contributed by atoms with Crippen molar-refractivity contribution in [3.05, 3.63) is 133 Å². The summed E-state index contributed by atoms with van der Waals surface area (Å²) in [5.74, 6) is 0.278. The molecular weight excluding hydrogens is 516 g/mol. The summed E-state index contributed by atoms with van der Waals surface area (Å²) in [6.45, 7) is 1.62. The molecule has 42 heavy (non-hydrogen) atoms. The second-order valence-electron chi connectivity index (χ2n) is 11.3. The van der Waals surface area contributed by atoms with Gasteiger partial charge in [-0.3, -0.25) is 0 Å². The van der Waals surface area contributed by atoms with Gasteiger partial charge in [0, 0.05) is 51.5 Å². The Kier molecular flexibility index (Phi) is 5.19. The lowest BCUT2D eigenvalue weighted by Crippen LogP contribution is -2.28. The van der Waals surface area contributed by atoms with E-state index in [4.69, 9.17) is 8.83 Å². The first-order valence-corrected chi connectivity index (χ1v) is 14.6. The van der Waals surface area contributed by atoms with E-state index in [0.29, 0.717) is 0 Å². The van der Waals surface area contributed by atoms with E-state index in [-0.39, 0.29) is 12.0 Å². The Morgan fingerprint density at radius 2 is 1.31 bits per heavy atom. The Balaban J connectivity index is 1.11. The first-order valence-electron chi connectivity index (χ1n) is 14.6. The van der Waals surface area contributed by atoms with Gasteiger partial charge in [0.2, 0.25) is 0 Å². The maximum absolute atomic E-state index is 6.51. The molecule has 3 heterocycles. The van der Waals surface area contributed by atoms with Crippen molar-refractivity contribution in [3.8, 4) is 0 Å². The lowest BCUT2D eigenvalue weighted by molar-refractivity contribution is 0.442. The summed E-state index contributed by atoms with van der Waals surface area (Å²) in [5.41, 5.74) is 7.46. The summed E-state index contributed by atoms with van der Waals surface area (Å²) in [6.07, 6.45) is 9.04. The first kappa shape index (κ1) is 23.6. The summed E-state index contributed by atoms with van der Waals surface area (Å²) in [6, 6.07) is 36.4. The van der Waals surface area contributed by atoms with Gasteiger partial charge in [-0.05, 0) is 42.0 Å². The fourth-order valence-electron chi connectivity index (χ4n) is 7.06. The molecule has 2 atom stereocenters. The number of nitrogens with one attached hydrogen (secondary N) is 1. The van der Waals surface area contributed by atoms with Gasteiger partial charge in [-0.25, -0.2) is 0 Å². The molecule has 9 rings (SSSR count). The molecule has 0 radical (unpaired) electrons. The van der Waals surface area contributed by atoms with Crippen LogP contribution in [-0.4, -0.2) is 11.1 Å². The number of para-hydroxylation sites is 3. The lowest BCUT2D eigenvalue weighted by atomic mass is 9.94. The van der Waals surface area contributed by atoms with Crippen LogP contribution in [0.4, 0.5) is 0 Å². The number of fused-ring (bicyclic) bond motifs is 10. The third-order valence-corrected chi connectivity index (χ3v) is 8.92. The molecule has 2 unspecified atom stereocenters. The minimum atomic E-state index is 0.164. The van der Waals surface area contributed by atoms with Gasteiger partial charge in [-0.15, -0.1) is 0 Å². The van der Waals surface area contributed by atoms with Crippen LogP contribution in [0.2, 0.25) is 0 Å². The lowest BCUT2D eigenvalue weighted by Gasteiger charge is -2.28. The van der Waals surface area contributed by atoms with Gasteiger partial charge in [0.25, 0.3) is 0 Å². The average Bonchev–Trinajstić information content (AvgIpc) is 3.71. The quantitative estimate of drug-likeness (QED) is 0.235. The number of allylic oxidation sites excluding steroid dienone is 3. The van der Waals surface area contributed by atoms with E-state index in [1.165, 1.54) is 43.5 Å². The van der Waals surface area contributed by atoms with Crippen LogP contribution in [0.15, 0.2) is 136 Å². The van der Waals surface area contributed by atoms with Crippen LogP contribution in [0.1, 0.15) is 11.6 Å². The molecule has 8 aromatic rings. The second-order valence-corrected chi connectivity index (χ2v) is 11.3. The third-order valence-electron chi connectivity index (χ3n) is 8.92. The molecule has 5 aromatic carbocycles. The molecule has 0 saturated carbocycles. The van der Waals surface area contributed by atoms with Crippen molar-refractivity contribution in [2.75, 3.05) is 6.54 Å². The van der Waals surface area contributed by atoms with Crippen molar-refractivity contribution in [2.24, 2.45) is 5.92 Å². The maximum atomic E-state index is 6.51. The van der Waals surface area contributed by atoms with Crippen molar-refractivity contribution < 1.29 is 8.83 Å². The molecule has 0 amide bonds.